The molecule has 0 saturated carbocycles. The minimum atomic E-state index is -0.280. The highest BCUT2D eigenvalue weighted by Crippen LogP contribution is 2.14. The van der Waals surface area contributed by atoms with E-state index < -0.39 is 0 Å². The Labute approximate surface area is 103 Å². The first kappa shape index (κ1) is 14.1. The van der Waals surface area contributed by atoms with Crippen molar-refractivity contribution in [2.75, 3.05) is 13.7 Å². The van der Waals surface area contributed by atoms with Gasteiger partial charge in [0.2, 0.25) is 5.89 Å². The standard InChI is InChI=1S/C12H23N3O2/c1-5-6-7-10-13-11(17-14-10)8-15(4)12(2,3)9-16/h16H,5-9H2,1-4H3. The maximum Gasteiger partial charge on any atom is 0.240 e. The van der Waals surface area contributed by atoms with E-state index in [-0.39, 0.29) is 12.1 Å². The molecule has 17 heavy (non-hydrogen) atoms. The lowest BCUT2D eigenvalue weighted by Crippen LogP contribution is -2.43. The summed E-state index contributed by atoms with van der Waals surface area (Å²) in [4.78, 5) is 6.34. The molecule has 0 aliphatic heterocycles. The van der Waals surface area contributed by atoms with Crippen LogP contribution < -0.4 is 0 Å². The van der Waals surface area contributed by atoms with Gasteiger partial charge in [-0.05, 0) is 27.3 Å². The molecule has 5 heteroatoms. The predicted octanol–water partition coefficient (Wildman–Crippen LogP) is 1.61. The first-order chi connectivity index (χ1) is 7.99. The van der Waals surface area contributed by atoms with Crippen LogP contribution in [0.4, 0.5) is 0 Å². The predicted molar refractivity (Wildman–Crippen MR) is 65.5 cm³/mol. The summed E-state index contributed by atoms with van der Waals surface area (Å²) in [7, 11) is 1.94. The van der Waals surface area contributed by atoms with Gasteiger partial charge in [-0.15, -0.1) is 0 Å². The van der Waals surface area contributed by atoms with Crippen molar-refractivity contribution in [3.8, 4) is 0 Å². The van der Waals surface area contributed by atoms with Gasteiger partial charge < -0.3 is 9.63 Å². The molecule has 1 rings (SSSR count). The summed E-state index contributed by atoms with van der Waals surface area (Å²) in [5, 5.41) is 13.2. The van der Waals surface area contributed by atoms with Gasteiger partial charge in [0, 0.05) is 12.0 Å². The quantitative estimate of drug-likeness (QED) is 0.786. The van der Waals surface area contributed by atoms with Gasteiger partial charge >= 0.3 is 0 Å². The summed E-state index contributed by atoms with van der Waals surface area (Å²) < 4.78 is 5.19. The van der Waals surface area contributed by atoms with Crippen LogP contribution in [0.3, 0.4) is 0 Å². The lowest BCUT2D eigenvalue weighted by Gasteiger charge is -2.32. The van der Waals surface area contributed by atoms with Crippen molar-refractivity contribution in [3.05, 3.63) is 11.7 Å². The molecule has 0 aromatic carbocycles. The van der Waals surface area contributed by atoms with E-state index in [9.17, 15) is 5.11 Å². The van der Waals surface area contributed by atoms with E-state index >= 15 is 0 Å². The van der Waals surface area contributed by atoms with Crippen molar-refractivity contribution in [2.45, 2.75) is 52.1 Å². The second kappa shape index (κ2) is 6.12. The van der Waals surface area contributed by atoms with Crippen LogP contribution in [0.25, 0.3) is 0 Å². The third-order valence-electron chi connectivity index (χ3n) is 3.06. The Balaban J connectivity index is 2.54. The molecule has 0 aliphatic rings. The average molecular weight is 241 g/mol. The number of hydrogen-bond donors (Lipinski definition) is 1. The molecule has 0 spiro atoms. The van der Waals surface area contributed by atoms with Crippen molar-refractivity contribution >= 4 is 0 Å². The molecule has 1 aromatic heterocycles. The van der Waals surface area contributed by atoms with Gasteiger partial charge in [0.15, 0.2) is 5.82 Å². The number of unbranched alkanes of at least 4 members (excludes halogenated alkanes) is 1. The Morgan fingerprint density at radius 3 is 2.71 bits per heavy atom. The number of rotatable bonds is 7. The maximum absolute atomic E-state index is 9.26. The number of aliphatic hydroxyl groups excluding tert-OH is 1. The van der Waals surface area contributed by atoms with Crippen molar-refractivity contribution in [1.82, 2.24) is 15.0 Å². The molecule has 0 unspecified atom stereocenters. The molecule has 1 heterocycles. The van der Waals surface area contributed by atoms with Gasteiger partial charge in [0.1, 0.15) is 0 Å². The van der Waals surface area contributed by atoms with E-state index in [0.29, 0.717) is 12.4 Å². The van der Waals surface area contributed by atoms with Crippen molar-refractivity contribution < 1.29 is 9.63 Å². The lowest BCUT2D eigenvalue weighted by atomic mass is 10.1. The summed E-state index contributed by atoms with van der Waals surface area (Å²) >= 11 is 0. The second-order valence-corrected chi connectivity index (χ2v) is 5.03. The lowest BCUT2D eigenvalue weighted by molar-refractivity contribution is 0.0652. The Morgan fingerprint density at radius 2 is 2.12 bits per heavy atom. The molecule has 0 fully saturated rings. The number of aromatic nitrogens is 2. The third-order valence-corrected chi connectivity index (χ3v) is 3.06. The molecule has 0 atom stereocenters. The largest absolute Gasteiger partial charge is 0.394 e. The molecule has 1 aromatic rings. The van der Waals surface area contributed by atoms with E-state index in [4.69, 9.17) is 4.52 Å². The van der Waals surface area contributed by atoms with E-state index in [2.05, 4.69) is 17.1 Å². The van der Waals surface area contributed by atoms with Gasteiger partial charge in [0.25, 0.3) is 0 Å². The van der Waals surface area contributed by atoms with Crippen LogP contribution in [0.15, 0.2) is 4.52 Å². The number of nitrogens with zero attached hydrogens (tertiary/aromatic N) is 3. The molecule has 1 N–H and O–H groups in total. The van der Waals surface area contributed by atoms with E-state index in [0.717, 1.165) is 25.1 Å². The van der Waals surface area contributed by atoms with Crippen LogP contribution in [-0.4, -0.2) is 39.3 Å². The number of likely N-dealkylation sites (N-methyl/N-ethyl adjacent to an activating group) is 1. The first-order valence-corrected chi connectivity index (χ1v) is 6.13. The smallest absolute Gasteiger partial charge is 0.240 e. The maximum atomic E-state index is 9.26. The molecule has 0 amide bonds. The molecular formula is C12H23N3O2. The van der Waals surface area contributed by atoms with E-state index in [1.54, 1.807) is 0 Å². The Kier molecular flexibility index (Phi) is 5.08. The highest BCUT2D eigenvalue weighted by atomic mass is 16.5. The van der Waals surface area contributed by atoms with Crippen LogP contribution in [0.2, 0.25) is 0 Å². The van der Waals surface area contributed by atoms with Gasteiger partial charge in [-0.1, -0.05) is 18.5 Å². The molecule has 0 aliphatic carbocycles. The van der Waals surface area contributed by atoms with Gasteiger partial charge in [-0.3, -0.25) is 4.90 Å². The van der Waals surface area contributed by atoms with Crippen LogP contribution in [0.1, 0.15) is 45.3 Å². The van der Waals surface area contributed by atoms with Gasteiger partial charge in [0.05, 0.1) is 13.2 Å². The molecule has 0 bridgehead atoms. The Bertz CT molecular complexity index is 336. The summed E-state index contributed by atoms with van der Waals surface area (Å²) in [6.45, 7) is 6.74. The van der Waals surface area contributed by atoms with Crippen LogP contribution >= 0.6 is 0 Å². The molecule has 98 valence electrons. The minimum Gasteiger partial charge on any atom is -0.394 e. The average Bonchev–Trinajstić information content (AvgIpc) is 2.74. The zero-order valence-electron chi connectivity index (χ0n) is 11.2. The number of aryl methyl sites for hydroxylation is 1. The summed E-state index contributed by atoms with van der Waals surface area (Å²) in [6, 6.07) is 0. The molecule has 0 radical (unpaired) electrons. The fourth-order valence-corrected chi connectivity index (χ4v) is 1.33. The van der Waals surface area contributed by atoms with Crippen LogP contribution in [-0.2, 0) is 13.0 Å². The monoisotopic (exact) mass is 241 g/mol. The highest BCUT2D eigenvalue weighted by Gasteiger charge is 2.24. The number of aliphatic hydroxyl groups is 1. The van der Waals surface area contributed by atoms with E-state index in [1.165, 1.54) is 0 Å². The summed E-state index contributed by atoms with van der Waals surface area (Å²) in [5.41, 5.74) is -0.280. The second-order valence-electron chi connectivity index (χ2n) is 5.03. The van der Waals surface area contributed by atoms with E-state index in [1.807, 2.05) is 25.8 Å². The minimum absolute atomic E-state index is 0.0975. The van der Waals surface area contributed by atoms with Crippen LogP contribution in [0, 0.1) is 0 Å². The SMILES string of the molecule is CCCCc1noc(CN(C)C(C)(C)CO)n1. The molecular weight excluding hydrogens is 218 g/mol. The van der Waals surface area contributed by atoms with Crippen molar-refractivity contribution in [1.29, 1.82) is 0 Å². The zero-order valence-corrected chi connectivity index (χ0v) is 11.2. The highest BCUT2D eigenvalue weighted by molar-refractivity contribution is 4.88. The Hall–Kier alpha value is -0.940. The topological polar surface area (TPSA) is 62.4 Å². The van der Waals surface area contributed by atoms with Crippen molar-refractivity contribution in [3.63, 3.8) is 0 Å². The normalized spacial score (nSPS) is 12.4. The summed E-state index contributed by atoms with van der Waals surface area (Å²) in [6.07, 6.45) is 3.07. The summed E-state index contributed by atoms with van der Waals surface area (Å²) in [5.74, 6) is 1.39. The molecule has 0 saturated heterocycles. The Morgan fingerprint density at radius 1 is 1.41 bits per heavy atom. The number of hydrogen-bond acceptors (Lipinski definition) is 5. The fourth-order valence-electron chi connectivity index (χ4n) is 1.33. The van der Waals surface area contributed by atoms with Gasteiger partial charge in [-0.25, -0.2) is 0 Å². The van der Waals surface area contributed by atoms with Crippen LogP contribution in [0.5, 0.6) is 0 Å². The van der Waals surface area contributed by atoms with Gasteiger partial charge in [-0.2, -0.15) is 4.98 Å². The van der Waals surface area contributed by atoms with Crippen molar-refractivity contribution in [2.24, 2.45) is 0 Å². The third kappa shape index (κ3) is 4.09. The molecule has 5 nitrogen and oxygen atoms in total. The first-order valence-electron chi connectivity index (χ1n) is 6.13. The zero-order chi connectivity index (χ0) is 12.9. The fraction of sp³-hybridized carbons (Fsp3) is 0.833.